The molecule has 0 saturated heterocycles. The number of aromatic nitrogens is 1. The lowest BCUT2D eigenvalue weighted by Crippen LogP contribution is -2.23. The molecule has 1 amide bonds. The third-order valence-corrected chi connectivity index (χ3v) is 3.93. The summed E-state index contributed by atoms with van der Waals surface area (Å²) in [7, 11) is 0. The second-order valence-electron chi connectivity index (χ2n) is 6.01. The van der Waals surface area contributed by atoms with Crippen molar-refractivity contribution in [3.05, 3.63) is 70.7 Å². The van der Waals surface area contributed by atoms with Crippen molar-refractivity contribution in [3.8, 4) is 0 Å². The molecule has 0 aliphatic carbocycles. The molecule has 0 spiro atoms. The van der Waals surface area contributed by atoms with Gasteiger partial charge in [-0.3, -0.25) is 4.79 Å². The highest BCUT2D eigenvalue weighted by atomic mass is 19.4. The third-order valence-electron chi connectivity index (χ3n) is 3.93. The van der Waals surface area contributed by atoms with Crippen LogP contribution in [0.5, 0.6) is 0 Å². The predicted octanol–water partition coefficient (Wildman–Crippen LogP) is 5.27. The van der Waals surface area contributed by atoms with E-state index in [1.54, 1.807) is 0 Å². The van der Waals surface area contributed by atoms with Crippen LogP contribution in [-0.4, -0.2) is 10.9 Å². The molecule has 3 nitrogen and oxygen atoms in total. The summed E-state index contributed by atoms with van der Waals surface area (Å²) in [5, 5.41) is 2.64. The van der Waals surface area contributed by atoms with E-state index in [-0.39, 0.29) is 17.3 Å². The van der Waals surface area contributed by atoms with E-state index in [4.69, 9.17) is 0 Å². The van der Waals surface area contributed by atoms with E-state index < -0.39 is 41.7 Å². The molecule has 3 aromatic rings. The molecule has 3 rings (SSSR count). The van der Waals surface area contributed by atoms with Gasteiger partial charge in [0.05, 0.1) is 11.1 Å². The van der Waals surface area contributed by atoms with E-state index in [1.807, 2.05) is 0 Å². The van der Waals surface area contributed by atoms with Gasteiger partial charge < -0.3 is 10.3 Å². The minimum atomic E-state index is -4.97. The van der Waals surface area contributed by atoms with Crippen LogP contribution in [0.4, 0.5) is 30.7 Å². The Bertz CT molecular complexity index is 1000. The lowest BCUT2D eigenvalue weighted by molar-refractivity contribution is -0.143. The highest BCUT2D eigenvalue weighted by Gasteiger charge is 2.36. The molecule has 10 heteroatoms. The first kappa shape index (κ1) is 19.7. The number of alkyl halides is 6. The van der Waals surface area contributed by atoms with Gasteiger partial charge in [0.25, 0.3) is 5.91 Å². The fourth-order valence-corrected chi connectivity index (χ4v) is 2.62. The van der Waals surface area contributed by atoms with Crippen molar-refractivity contribution in [2.24, 2.45) is 0 Å². The second kappa shape index (κ2) is 6.84. The Labute approximate surface area is 153 Å². The molecule has 0 bridgehead atoms. The summed E-state index contributed by atoms with van der Waals surface area (Å²) in [6, 6.07) is 6.14. The first-order valence-corrected chi connectivity index (χ1v) is 7.78. The van der Waals surface area contributed by atoms with Gasteiger partial charge in [-0.25, -0.2) is 4.39 Å². The molecule has 0 radical (unpaired) electrons. The van der Waals surface area contributed by atoms with Gasteiger partial charge in [-0.15, -0.1) is 0 Å². The van der Waals surface area contributed by atoms with Crippen LogP contribution < -0.4 is 5.32 Å². The largest absolute Gasteiger partial charge is 0.416 e. The number of H-pyrrole nitrogens is 1. The molecule has 0 fully saturated rings. The number of benzene rings is 2. The SMILES string of the molecule is O=C(NCc1cc(C(F)(F)F)cc(C(F)(F)F)c1)c1cc2cc(F)ccc2[nH]1. The molecule has 0 unspecified atom stereocenters. The van der Waals surface area contributed by atoms with Crippen LogP contribution in [0.3, 0.4) is 0 Å². The second-order valence-corrected chi connectivity index (χ2v) is 6.01. The summed E-state index contributed by atoms with van der Waals surface area (Å²) >= 11 is 0. The molecule has 28 heavy (non-hydrogen) atoms. The van der Waals surface area contributed by atoms with Gasteiger partial charge in [-0.1, -0.05) is 0 Å². The molecule has 0 saturated carbocycles. The maximum atomic E-state index is 13.2. The van der Waals surface area contributed by atoms with Gasteiger partial charge in [0.15, 0.2) is 0 Å². The van der Waals surface area contributed by atoms with E-state index in [0.717, 1.165) is 0 Å². The van der Waals surface area contributed by atoms with Gasteiger partial charge in [0, 0.05) is 17.4 Å². The molecule has 1 heterocycles. The fourth-order valence-electron chi connectivity index (χ4n) is 2.62. The maximum absolute atomic E-state index is 13.2. The molecule has 2 N–H and O–H groups in total. The summed E-state index contributed by atoms with van der Waals surface area (Å²) in [5.74, 6) is -1.29. The van der Waals surface area contributed by atoms with Crippen LogP contribution in [0.15, 0.2) is 42.5 Å². The van der Waals surface area contributed by atoms with Gasteiger partial charge in [0.2, 0.25) is 0 Å². The van der Waals surface area contributed by atoms with Crippen LogP contribution in [0.1, 0.15) is 27.2 Å². The minimum Gasteiger partial charge on any atom is -0.351 e. The molecule has 0 aliphatic rings. The molecule has 1 aromatic heterocycles. The lowest BCUT2D eigenvalue weighted by Gasteiger charge is -2.14. The Morgan fingerprint density at radius 2 is 1.50 bits per heavy atom. The van der Waals surface area contributed by atoms with Crippen LogP contribution >= 0.6 is 0 Å². The number of hydrogen-bond donors (Lipinski definition) is 2. The number of carbonyl (C=O) groups is 1. The van der Waals surface area contributed by atoms with Crippen molar-refractivity contribution in [1.82, 2.24) is 10.3 Å². The first-order chi connectivity index (χ1) is 12.9. The first-order valence-electron chi connectivity index (χ1n) is 7.78. The summed E-state index contributed by atoms with van der Waals surface area (Å²) in [4.78, 5) is 14.8. The third kappa shape index (κ3) is 4.26. The Morgan fingerprint density at radius 1 is 0.893 bits per heavy atom. The van der Waals surface area contributed by atoms with Crippen molar-refractivity contribution in [1.29, 1.82) is 0 Å². The normalized spacial score (nSPS) is 12.4. The zero-order valence-corrected chi connectivity index (χ0v) is 13.8. The van der Waals surface area contributed by atoms with Crippen LogP contribution in [0.2, 0.25) is 0 Å². The van der Waals surface area contributed by atoms with Crippen molar-refractivity contribution in [3.63, 3.8) is 0 Å². The number of nitrogens with one attached hydrogen (secondary N) is 2. The average molecular weight is 404 g/mol. The summed E-state index contributed by atoms with van der Waals surface area (Å²) in [5.41, 5.74) is -2.86. The van der Waals surface area contributed by atoms with Crippen LogP contribution in [0.25, 0.3) is 10.9 Å². The number of carbonyl (C=O) groups excluding carboxylic acids is 1. The number of hydrogen-bond acceptors (Lipinski definition) is 1. The highest BCUT2D eigenvalue weighted by molar-refractivity contribution is 5.97. The van der Waals surface area contributed by atoms with Gasteiger partial charge in [-0.05, 0) is 48.0 Å². The smallest absolute Gasteiger partial charge is 0.351 e. The van der Waals surface area contributed by atoms with Gasteiger partial charge >= 0.3 is 12.4 Å². The molecule has 0 atom stereocenters. The van der Waals surface area contributed by atoms with E-state index in [9.17, 15) is 35.5 Å². The zero-order chi connectivity index (χ0) is 20.7. The number of amides is 1. The number of halogens is 7. The molecule has 2 aromatic carbocycles. The molecule has 148 valence electrons. The van der Waals surface area contributed by atoms with Gasteiger partial charge in [-0.2, -0.15) is 26.3 Å². The minimum absolute atomic E-state index is 0.0105. The van der Waals surface area contributed by atoms with E-state index in [1.165, 1.54) is 24.3 Å². The van der Waals surface area contributed by atoms with Crippen molar-refractivity contribution < 1.29 is 35.5 Å². The van der Waals surface area contributed by atoms with Crippen molar-refractivity contribution in [2.45, 2.75) is 18.9 Å². The fraction of sp³-hybridized carbons (Fsp3) is 0.167. The van der Waals surface area contributed by atoms with Gasteiger partial charge in [0.1, 0.15) is 11.5 Å². The monoisotopic (exact) mass is 404 g/mol. The van der Waals surface area contributed by atoms with Crippen LogP contribution in [-0.2, 0) is 18.9 Å². The van der Waals surface area contributed by atoms with Crippen molar-refractivity contribution in [2.75, 3.05) is 0 Å². The Hall–Kier alpha value is -3.04. The lowest BCUT2D eigenvalue weighted by atomic mass is 10.0. The van der Waals surface area contributed by atoms with E-state index in [0.29, 0.717) is 23.0 Å². The molecular weight excluding hydrogens is 393 g/mol. The highest BCUT2D eigenvalue weighted by Crippen LogP contribution is 2.36. The summed E-state index contributed by atoms with van der Waals surface area (Å²) < 4.78 is 90.3. The zero-order valence-electron chi connectivity index (χ0n) is 13.8. The summed E-state index contributed by atoms with van der Waals surface area (Å²) in [6.45, 7) is -0.560. The summed E-state index contributed by atoms with van der Waals surface area (Å²) in [6.07, 6.45) is -9.94. The van der Waals surface area contributed by atoms with Crippen molar-refractivity contribution >= 4 is 16.8 Å². The van der Waals surface area contributed by atoms with E-state index >= 15 is 0 Å². The maximum Gasteiger partial charge on any atom is 0.416 e. The number of fused-ring (bicyclic) bond motifs is 1. The Morgan fingerprint density at radius 3 is 2.07 bits per heavy atom. The molecule has 0 aliphatic heterocycles. The number of rotatable bonds is 3. The molecular formula is C18H11F7N2O. The topological polar surface area (TPSA) is 44.9 Å². The standard InChI is InChI=1S/C18H11F7N2O/c19-13-1-2-14-10(5-13)6-15(27-14)16(28)26-8-9-3-11(17(20,21)22)7-12(4-9)18(23,24)25/h1-7,27H,8H2,(H,26,28). The van der Waals surface area contributed by atoms with E-state index in [2.05, 4.69) is 10.3 Å². The Balaban J connectivity index is 1.83. The van der Waals surface area contributed by atoms with Crippen LogP contribution in [0, 0.1) is 5.82 Å². The predicted molar refractivity (Wildman–Crippen MR) is 85.9 cm³/mol. The number of aromatic amines is 1. The Kier molecular flexibility index (Phi) is 4.82. The quantitative estimate of drug-likeness (QED) is 0.574. The average Bonchev–Trinajstić information content (AvgIpc) is 3.01.